The average molecular weight is 389 g/mol. The van der Waals surface area contributed by atoms with Crippen molar-refractivity contribution < 1.29 is 4.39 Å². The van der Waals surface area contributed by atoms with Crippen molar-refractivity contribution in [3.05, 3.63) is 64.7 Å². The third-order valence-electron chi connectivity index (χ3n) is 4.87. The van der Waals surface area contributed by atoms with Gasteiger partial charge >= 0.3 is 0 Å². The Morgan fingerprint density at radius 3 is 2.52 bits per heavy atom. The summed E-state index contributed by atoms with van der Waals surface area (Å²) in [5.74, 6) is 0.205. The number of para-hydroxylation sites is 1. The summed E-state index contributed by atoms with van der Waals surface area (Å²) >= 11 is 0. The normalized spacial score (nSPS) is 17.4. The molecule has 7 heteroatoms. The minimum atomic E-state index is -0.476. The van der Waals surface area contributed by atoms with Crippen LogP contribution in [0.15, 0.2) is 53.3 Å². The topological polar surface area (TPSA) is 64.2 Å². The first-order valence-electron chi connectivity index (χ1n) is 8.92. The van der Waals surface area contributed by atoms with Crippen molar-refractivity contribution in [2.24, 2.45) is 5.73 Å². The molecule has 1 aromatic heterocycles. The fourth-order valence-electron chi connectivity index (χ4n) is 3.56. The number of aromatic nitrogens is 2. The van der Waals surface area contributed by atoms with Gasteiger partial charge in [0.2, 0.25) is 0 Å². The molecule has 1 atom stereocenters. The molecule has 142 valence electrons. The van der Waals surface area contributed by atoms with Gasteiger partial charge in [0.05, 0.1) is 5.39 Å². The number of rotatable bonds is 2. The second-order valence-corrected chi connectivity index (χ2v) is 6.74. The Morgan fingerprint density at radius 1 is 1.04 bits per heavy atom. The minimum Gasteiger partial charge on any atom is -0.353 e. The fourth-order valence-corrected chi connectivity index (χ4v) is 3.56. The van der Waals surface area contributed by atoms with Gasteiger partial charge in [-0.2, -0.15) is 4.68 Å². The molecule has 1 aliphatic rings. The van der Waals surface area contributed by atoms with Crippen LogP contribution in [-0.4, -0.2) is 28.9 Å². The maximum Gasteiger partial charge on any atom is 0.279 e. The number of nitrogens with zero attached hydrogens (tertiary/aromatic N) is 3. The second-order valence-electron chi connectivity index (χ2n) is 6.74. The third-order valence-corrected chi connectivity index (χ3v) is 4.87. The van der Waals surface area contributed by atoms with Crippen LogP contribution < -0.4 is 16.2 Å². The molecule has 1 saturated heterocycles. The number of anilines is 1. The van der Waals surface area contributed by atoms with E-state index in [1.54, 1.807) is 24.3 Å². The largest absolute Gasteiger partial charge is 0.353 e. The number of fused-ring (bicyclic) bond motifs is 1. The number of benzene rings is 2. The molecule has 2 aromatic carbocycles. The maximum atomic E-state index is 14.3. The van der Waals surface area contributed by atoms with Gasteiger partial charge in [0.1, 0.15) is 11.5 Å². The van der Waals surface area contributed by atoms with Crippen molar-refractivity contribution >= 4 is 29.0 Å². The van der Waals surface area contributed by atoms with E-state index in [2.05, 4.69) is 10.00 Å². The van der Waals surface area contributed by atoms with Gasteiger partial charge in [0.15, 0.2) is 5.82 Å². The average Bonchev–Trinajstić information content (AvgIpc) is 2.87. The molecule has 1 aliphatic heterocycles. The van der Waals surface area contributed by atoms with Gasteiger partial charge in [0, 0.05) is 24.5 Å². The van der Waals surface area contributed by atoms with Gasteiger partial charge in [-0.25, -0.2) is 4.39 Å². The Hall–Kier alpha value is -2.44. The van der Waals surface area contributed by atoms with Gasteiger partial charge in [-0.1, -0.05) is 36.8 Å². The summed E-state index contributed by atoms with van der Waals surface area (Å²) in [6.45, 7) is 1.49. The summed E-state index contributed by atoms with van der Waals surface area (Å²) in [4.78, 5) is 15.1. The van der Waals surface area contributed by atoms with E-state index in [9.17, 15) is 9.18 Å². The van der Waals surface area contributed by atoms with Crippen molar-refractivity contribution in [2.75, 3.05) is 18.0 Å². The van der Waals surface area contributed by atoms with E-state index in [1.165, 1.54) is 10.7 Å². The van der Waals surface area contributed by atoms with Crippen molar-refractivity contribution in [3.8, 4) is 5.69 Å². The van der Waals surface area contributed by atoms with Crippen LogP contribution in [0.25, 0.3) is 16.5 Å². The summed E-state index contributed by atoms with van der Waals surface area (Å²) in [5.41, 5.74) is 6.04. The molecule has 1 unspecified atom stereocenters. The predicted molar refractivity (Wildman–Crippen MR) is 109 cm³/mol. The fraction of sp³-hybridized carbons (Fsp3) is 0.300. The van der Waals surface area contributed by atoms with Crippen molar-refractivity contribution in [2.45, 2.75) is 25.3 Å². The number of hydrogen-bond acceptors (Lipinski definition) is 4. The van der Waals surface area contributed by atoms with Crippen LogP contribution in [0.3, 0.4) is 0 Å². The summed E-state index contributed by atoms with van der Waals surface area (Å²) in [7, 11) is 0. The van der Waals surface area contributed by atoms with E-state index in [-0.39, 0.29) is 29.7 Å². The van der Waals surface area contributed by atoms with Gasteiger partial charge in [-0.15, -0.1) is 17.5 Å². The highest BCUT2D eigenvalue weighted by Crippen LogP contribution is 2.25. The molecule has 5 nitrogen and oxygen atoms in total. The minimum absolute atomic E-state index is 0. The Kier molecular flexibility index (Phi) is 5.77. The quantitative estimate of drug-likeness (QED) is 0.731. The molecule has 0 bridgehead atoms. The Balaban J connectivity index is 0.00000210. The summed E-state index contributed by atoms with van der Waals surface area (Å²) in [6, 6.07) is 13.6. The third kappa shape index (κ3) is 3.68. The van der Waals surface area contributed by atoms with E-state index in [0.717, 1.165) is 31.2 Å². The van der Waals surface area contributed by atoms with Crippen LogP contribution in [0.4, 0.5) is 10.2 Å². The molecule has 4 rings (SSSR count). The summed E-state index contributed by atoms with van der Waals surface area (Å²) in [6.07, 6.45) is 3.06. The summed E-state index contributed by atoms with van der Waals surface area (Å²) in [5, 5.41) is 5.87. The van der Waals surface area contributed by atoms with E-state index in [4.69, 9.17) is 5.73 Å². The van der Waals surface area contributed by atoms with E-state index < -0.39 is 5.82 Å². The molecular formula is C20H22ClFN4O. The highest BCUT2D eigenvalue weighted by atomic mass is 35.5. The smallest absolute Gasteiger partial charge is 0.279 e. The molecular weight excluding hydrogens is 367 g/mol. The predicted octanol–water partition coefficient (Wildman–Crippen LogP) is 3.26. The first-order valence-corrected chi connectivity index (χ1v) is 8.92. The highest BCUT2D eigenvalue weighted by molar-refractivity contribution is 5.91. The molecule has 0 spiro atoms. The zero-order valence-electron chi connectivity index (χ0n) is 14.8. The van der Waals surface area contributed by atoms with Crippen molar-refractivity contribution in [3.63, 3.8) is 0 Å². The lowest BCUT2D eigenvalue weighted by Crippen LogP contribution is -2.37. The summed E-state index contributed by atoms with van der Waals surface area (Å²) < 4.78 is 15.5. The van der Waals surface area contributed by atoms with Crippen LogP contribution >= 0.6 is 12.4 Å². The van der Waals surface area contributed by atoms with Gasteiger partial charge in [-0.05, 0) is 31.0 Å². The van der Waals surface area contributed by atoms with E-state index in [1.807, 2.05) is 18.2 Å². The molecule has 1 fully saturated rings. The van der Waals surface area contributed by atoms with Crippen LogP contribution in [0.2, 0.25) is 0 Å². The molecule has 0 radical (unpaired) electrons. The molecule has 3 aromatic rings. The number of nitrogens with two attached hydrogens (primary N) is 1. The lowest BCUT2D eigenvalue weighted by atomic mass is 10.1. The van der Waals surface area contributed by atoms with Crippen LogP contribution in [0.1, 0.15) is 19.3 Å². The van der Waals surface area contributed by atoms with Gasteiger partial charge in [-0.3, -0.25) is 4.79 Å². The molecule has 27 heavy (non-hydrogen) atoms. The van der Waals surface area contributed by atoms with Crippen LogP contribution in [0, 0.1) is 5.82 Å². The lowest BCUT2D eigenvalue weighted by Gasteiger charge is -2.25. The molecule has 2 N–H and O–H groups in total. The standard InChI is InChI=1S/C20H21FN4O.ClH/c21-17-10-3-4-11-18(17)25-20(26)16-9-2-1-8-15(16)19(23-25)24-12-6-5-7-14(22)13-24;/h1-4,8-11,14H,5-7,12-13,22H2;1H. The van der Waals surface area contributed by atoms with E-state index in [0.29, 0.717) is 17.7 Å². The zero-order chi connectivity index (χ0) is 18.1. The Bertz CT molecular complexity index is 1010. The van der Waals surface area contributed by atoms with Crippen LogP contribution in [0.5, 0.6) is 0 Å². The number of hydrogen-bond donors (Lipinski definition) is 1. The highest BCUT2D eigenvalue weighted by Gasteiger charge is 2.21. The Labute approximate surface area is 163 Å². The molecule has 0 amide bonds. The first-order chi connectivity index (χ1) is 12.6. The maximum absolute atomic E-state index is 14.3. The van der Waals surface area contributed by atoms with Gasteiger partial charge < -0.3 is 10.6 Å². The SMILES string of the molecule is Cl.NC1CCCCN(c2nn(-c3ccccc3F)c(=O)c3ccccc23)C1. The Morgan fingerprint density at radius 2 is 1.74 bits per heavy atom. The number of halogens is 2. The molecule has 0 saturated carbocycles. The van der Waals surface area contributed by atoms with Crippen molar-refractivity contribution in [1.82, 2.24) is 9.78 Å². The first kappa shape index (κ1) is 19.3. The second kappa shape index (κ2) is 8.06. The van der Waals surface area contributed by atoms with Gasteiger partial charge in [0.25, 0.3) is 5.56 Å². The lowest BCUT2D eigenvalue weighted by molar-refractivity contribution is 0.602. The van der Waals surface area contributed by atoms with Crippen LogP contribution in [-0.2, 0) is 0 Å². The monoisotopic (exact) mass is 388 g/mol. The van der Waals surface area contributed by atoms with E-state index >= 15 is 0 Å². The molecule has 2 heterocycles. The molecule has 0 aliphatic carbocycles. The zero-order valence-corrected chi connectivity index (χ0v) is 15.7. The van der Waals surface area contributed by atoms with Crippen molar-refractivity contribution in [1.29, 1.82) is 0 Å².